The number of furan rings is 1. The first-order chi connectivity index (χ1) is 50.3. The Balaban J connectivity index is 0.901. The number of fused-ring (bicyclic) bond motifs is 6. The molecule has 21 atom stereocenters. The molecule has 8 aliphatic rings. The first-order valence-electron chi connectivity index (χ1n) is 38.5. The second-order valence-electron chi connectivity index (χ2n) is 31.9. The summed E-state index contributed by atoms with van der Waals surface area (Å²) >= 11 is 0. The van der Waals surface area contributed by atoms with E-state index in [-0.39, 0.29) is 86.4 Å². The van der Waals surface area contributed by atoms with Gasteiger partial charge in [-0.2, -0.15) is 0 Å². The van der Waals surface area contributed by atoms with E-state index in [1.165, 1.54) is 32.3 Å². The highest BCUT2D eigenvalue weighted by atomic mass is 16.6. The summed E-state index contributed by atoms with van der Waals surface area (Å²) in [6.07, 6.45) is 11.6. The highest BCUT2D eigenvalue weighted by molar-refractivity contribution is 6.39. The first-order valence-corrected chi connectivity index (χ1v) is 38.5. The normalized spacial score (nSPS) is 35.6. The number of esters is 5. The van der Waals surface area contributed by atoms with Gasteiger partial charge in [-0.1, -0.05) is 90.8 Å². The van der Waals surface area contributed by atoms with Crippen LogP contribution in [-0.4, -0.2) is 188 Å². The van der Waals surface area contributed by atoms with Crippen molar-refractivity contribution in [2.24, 2.45) is 46.8 Å². The molecule has 0 aromatic carbocycles. The number of ether oxygens (including phenoxy) is 10. The summed E-state index contributed by atoms with van der Waals surface area (Å²) in [7, 11) is 5.96. The number of cyclic esters (lactones) is 2. The van der Waals surface area contributed by atoms with Crippen molar-refractivity contribution >= 4 is 58.9 Å². The molecule has 2 saturated carbocycles. The Bertz CT molecular complexity index is 3560. The van der Waals surface area contributed by atoms with Crippen molar-refractivity contribution in [2.45, 2.75) is 282 Å². The number of aliphatic hydroxyl groups is 2. The largest absolute Gasteiger partial charge is 0.462 e. The van der Waals surface area contributed by atoms with Crippen LogP contribution >= 0.6 is 0 Å². The number of aliphatic hydroxyl groups excluding tert-OH is 1. The summed E-state index contributed by atoms with van der Waals surface area (Å²) in [6, 6.07) is -1.22. The third-order valence-electron chi connectivity index (χ3n) is 24.4. The summed E-state index contributed by atoms with van der Waals surface area (Å²) in [5.74, 6) is -12.1. The molecule has 586 valence electrons. The Morgan fingerprint density at radius 1 is 0.755 bits per heavy atom. The maximum Gasteiger partial charge on any atom is 0.342 e. The van der Waals surface area contributed by atoms with Crippen molar-refractivity contribution in [3.8, 4) is 0 Å². The van der Waals surface area contributed by atoms with Gasteiger partial charge in [-0.05, 0) is 157 Å². The Kier molecular flexibility index (Phi) is 28.4. The van der Waals surface area contributed by atoms with Gasteiger partial charge in [0.1, 0.15) is 48.1 Å². The summed E-state index contributed by atoms with van der Waals surface area (Å²) < 4.78 is 66.1. The van der Waals surface area contributed by atoms with E-state index in [0.29, 0.717) is 119 Å². The van der Waals surface area contributed by atoms with Gasteiger partial charge < -0.3 is 66.9 Å². The Labute approximate surface area is 623 Å². The third-order valence-corrected chi connectivity index (χ3v) is 24.4. The van der Waals surface area contributed by atoms with E-state index in [2.05, 4.69) is 0 Å². The molecule has 1 aromatic heterocycles. The number of rotatable bonds is 18. The zero-order valence-corrected chi connectivity index (χ0v) is 64.6. The lowest BCUT2D eigenvalue weighted by atomic mass is 9.54. The quantitative estimate of drug-likeness (QED) is 0.0453. The summed E-state index contributed by atoms with van der Waals surface area (Å²) in [6.45, 7) is 17.7. The van der Waals surface area contributed by atoms with Gasteiger partial charge in [0.15, 0.2) is 23.8 Å². The van der Waals surface area contributed by atoms with Crippen LogP contribution in [0.2, 0.25) is 0 Å². The number of hydrogen-bond donors (Lipinski definition) is 2. The Morgan fingerprint density at radius 3 is 2.15 bits per heavy atom. The molecule has 24 nitrogen and oxygen atoms in total. The predicted octanol–water partition coefficient (Wildman–Crippen LogP) is 11.0. The second-order valence-corrected chi connectivity index (χ2v) is 31.9. The van der Waals surface area contributed by atoms with Crippen molar-refractivity contribution < 1.29 is 110 Å². The second kappa shape index (κ2) is 36.2. The van der Waals surface area contributed by atoms with Crippen LogP contribution in [0.1, 0.15) is 231 Å². The minimum absolute atomic E-state index is 0.00575. The zero-order chi connectivity index (χ0) is 77.3. The Hall–Kier alpha value is -6.80. The minimum atomic E-state index is -2.49. The molecular formula is C82H115NO23. The van der Waals surface area contributed by atoms with Crippen LogP contribution < -0.4 is 0 Å². The van der Waals surface area contributed by atoms with Crippen molar-refractivity contribution in [1.82, 2.24) is 4.90 Å². The first kappa shape index (κ1) is 83.2. The molecule has 0 radical (unpaired) electrons. The number of hydrogen-bond acceptors (Lipinski definition) is 23. The average molecular weight is 1480 g/mol. The lowest BCUT2D eigenvalue weighted by Crippen LogP contribution is -2.61. The molecule has 1 amide bonds. The fraction of sp³-hybridized carbons (Fsp3) is 0.707. The molecule has 106 heavy (non-hydrogen) atoms. The minimum Gasteiger partial charge on any atom is -0.462 e. The van der Waals surface area contributed by atoms with Gasteiger partial charge in [0.2, 0.25) is 11.6 Å². The van der Waals surface area contributed by atoms with Gasteiger partial charge in [0.25, 0.3) is 11.7 Å². The molecule has 2 N–H and O–H groups in total. The van der Waals surface area contributed by atoms with E-state index in [1.54, 1.807) is 48.0 Å². The summed E-state index contributed by atoms with van der Waals surface area (Å²) in [4.78, 5) is 143. The van der Waals surface area contributed by atoms with Crippen molar-refractivity contribution in [1.29, 1.82) is 0 Å². The fourth-order valence-corrected chi connectivity index (χ4v) is 18.2. The molecule has 2 saturated heterocycles. The number of unbranched alkanes of at least 4 members (excludes halogenated alkanes) is 3. The summed E-state index contributed by atoms with van der Waals surface area (Å²) in [5, 5.41) is 22.9. The van der Waals surface area contributed by atoms with Crippen molar-refractivity contribution in [3.63, 3.8) is 0 Å². The maximum absolute atomic E-state index is 14.9. The third kappa shape index (κ3) is 18.2. The number of amides is 1. The van der Waals surface area contributed by atoms with Crippen LogP contribution in [0.4, 0.5) is 0 Å². The summed E-state index contributed by atoms with van der Waals surface area (Å²) in [5.41, 5.74) is 0.684. The van der Waals surface area contributed by atoms with Crippen LogP contribution in [0.15, 0.2) is 69.4 Å². The molecule has 9 rings (SSSR count). The number of allylic oxidation sites excluding steroid dienone is 7. The molecule has 4 aliphatic carbocycles. The number of piperidine rings is 1. The number of ketones is 4. The van der Waals surface area contributed by atoms with E-state index >= 15 is 0 Å². The number of carbonyl (C=O) groups excluding carboxylic acids is 10. The fourth-order valence-electron chi connectivity index (χ4n) is 18.2. The highest BCUT2D eigenvalue weighted by Gasteiger charge is 2.65. The topological polar surface area (TPSA) is 320 Å². The SMILES string of the molecule is COC[C@H]1OC(=O)c2coc3c2[C@@]1(C)C1=C(C3=O)[C@@H]2CC[C@H](OC(=O)CCCCCCC(=O)O[C@@H]3C(C)=C[C@@H](C)C(=O)C[C@@H]([C@H](C)C[C@@H]4CC[C@@H](O)[C@H](OC)C4)OC(=O)[C@@H]4CCCCN4C(=O)C(=O)[C@]4(O)O[C@@H](CC[C@H]4C)C[C@H](OC)C(C)=CC=CC=C[C@@H](C)C[C@@H](C)C(=O)[C@@H]3OC)[C@@]2(C)C[C@H]1OC(C)=O. The monoisotopic (exact) mass is 1480 g/mol. The van der Waals surface area contributed by atoms with Crippen LogP contribution in [0.3, 0.4) is 0 Å². The van der Waals surface area contributed by atoms with Gasteiger partial charge in [-0.25, -0.2) is 9.59 Å². The van der Waals surface area contributed by atoms with Crippen LogP contribution in [0, 0.1) is 46.8 Å². The molecule has 0 spiro atoms. The van der Waals surface area contributed by atoms with E-state index in [1.807, 2.05) is 65.0 Å². The van der Waals surface area contributed by atoms with Gasteiger partial charge in [0, 0.05) is 102 Å². The number of methoxy groups -OCH3 is 4. The molecule has 4 aliphatic heterocycles. The van der Waals surface area contributed by atoms with Crippen LogP contribution in [-0.2, 0) is 91.1 Å². The Morgan fingerprint density at radius 2 is 1.47 bits per heavy atom. The van der Waals surface area contributed by atoms with Crippen molar-refractivity contribution in [2.75, 3.05) is 41.6 Å². The van der Waals surface area contributed by atoms with Crippen molar-refractivity contribution in [3.05, 3.63) is 81.9 Å². The van der Waals surface area contributed by atoms with Gasteiger partial charge in [-0.15, -0.1) is 0 Å². The average Bonchev–Trinajstić information content (AvgIpc) is 1.38. The molecule has 2 bridgehead atoms. The van der Waals surface area contributed by atoms with Gasteiger partial charge in [-0.3, -0.25) is 38.4 Å². The van der Waals surface area contributed by atoms with Gasteiger partial charge in [0.05, 0.1) is 36.4 Å². The maximum atomic E-state index is 14.9. The number of carbonyl (C=O) groups is 10. The standard InChI is InChI=1S/C82H115NO23/c1-45-24-18-17-19-25-46(2)60(97-12)40-54-31-29-51(7)82(95,106-54)76(91)77(92)83-35-23-22-26-57(83)79(94)102-61(48(4)38-53-30-33-58(85)62(39-53)98-13)41-59(86)47(3)37-50(6)73(75(99-14)71(89)49(5)36-45)105-67(88)28-21-16-15-20-27-66(87)103-64-34-32-56-68-70(63(101-52(8)84)42-80(56,64)9)81(10)65(44-96-11)104-78(93)55-43-100-74(69(55)81)72(68)90/h17-19,24-25,37,43,45,47-49,51,53-54,56-58,60-65,73,75,85,95H,15-16,20-23,26-36,38-42,44H2,1-14H3/t45-,47-,48-,49-,51-,53+,54+,56+,57+,58-,60+,61+,62-,63-,64+,65-,73-,75+,80+,81+,82-/m1/s1. The highest BCUT2D eigenvalue weighted by Crippen LogP contribution is 2.63. The molecular weight excluding hydrogens is 1370 g/mol. The van der Waals surface area contributed by atoms with Crippen LogP contribution in [0.25, 0.3) is 0 Å². The molecule has 4 fully saturated rings. The van der Waals surface area contributed by atoms with E-state index in [9.17, 15) is 58.2 Å². The predicted molar refractivity (Wildman–Crippen MR) is 386 cm³/mol. The zero-order valence-electron chi connectivity index (χ0n) is 64.6. The molecule has 0 unspecified atom stereocenters. The molecule has 24 heteroatoms. The molecule has 5 heterocycles. The van der Waals surface area contributed by atoms with Crippen LogP contribution in [0.5, 0.6) is 0 Å². The van der Waals surface area contributed by atoms with Gasteiger partial charge >= 0.3 is 29.8 Å². The van der Waals surface area contributed by atoms with E-state index in [0.717, 1.165) is 5.57 Å². The smallest absolute Gasteiger partial charge is 0.342 e. The lowest BCUT2D eigenvalue weighted by Gasteiger charge is -2.52. The lowest BCUT2D eigenvalue weighted by molar-refractivity contribution is -0.265. The molecule has 1 aromatic rings. The van der Waals surface area contributed by atoms with E-state index < -0.39 is 161 Å². The van der Waals surface area contributed by atoms with E-state index in [4.69, 9.17) is 51.8 Å². The number of Topliss-reactive ketones (excluding diaryl/α,β-unsaturated/α-hetero) is 4. The number of nitrogens with zero attached hydrogens (tertiary/aromatic N) is 1.